The van der Waals surface area contributed by atoms with Gasteiger partial charge in [-0.2, -0.15) is 0 Å². The zero-order chi connectivity index (χ0) is 22.8. The van der Waals surface area contributed by atoms with E-state index in [0.717, 1.165) is 35.4 Å². The average molecular weight is 656 g/mol. The maximum Gasteiger partial charge on any atom is 0.261 e. The molecule has 0 aliphatic rings. The number of aromatic nitrogens is 1. The number of hydrogen-bond acceptors (Lipinski definition) is 5. The minimum Gasteiger partial charge on any atom is -0.495 e. The largest absolute Gasteiger partial charge is 0.495 e. The molecule has 2 N–H and O–H groups in total. The molecule has 32 heavy (non-hydrogen) atoms. The van der Waals surface area contributed by atoms with Crippen LogP contribution in [0, 0.1) is 0 Å². The number of thiazole rings is 1. The molecular formula is C22H14Br3N3O2S2. The van der Waals surface area contributed by atoms with Crippen LogP contribution in [-0.4, -0.2) is 23.1 Å². The first-order chi connectivity index (χ1) is 15.4. The van der Waals surface area contributed by atoms with Gasteiger partial charge in [0.05, 0.1) is 33.0 Å². The number of rotatable bonds is 4. The van der Waals surface area contributed by atoms with Gasteiger partial charge in [-0.05, 0) is 70.6 Å². The quantitative estimate of drug-likeness (QED) is 0.225. The number of halogens is 3. The van der Waals surface area contributed by atoms with Gasteiger partial charge in [-0.25, -0.2) is 4.98 Å². The number of para-hydroxylation sites is 1. The van der Waals surface area contributed by atoms with E-state index >= 15 is 0 Å². The van der Waals surface area contributed by atoms with Crippen molar-refractivity contribution in [1.82, 2.24) is 10.3 Å². The van der Waals surface area contributed by atoms with Gasteiger partial charge in [0, 0.05) is 14.5 Å². The van der Waals surface area contributed by atoms with Gasteiger partial charge < -0.3 is 10.1 Å². The molecule has 10 heteroatoms. The van der Waals surface area contributed by atoms with Crippen LogP contribution >= 0.6 is 71.3 Å². The molecule has 0 saturated heterocycles. The molecule has 0 spiro atoms. The van der Waals surface area contributed by atoms with Gasteiger partial charge >= 0.3 is 0 Å². The van der Waals surface area contributed by atoms with E-state index < -0.39 is 0 Å². The van der Waals surface area contributed by atoms with Gasteiger partial charge in [0.2, 0.25) is 0 Å². The second-order valence-electron chi connectivity index (χ2n) is 6.55. The number of fused-ring (bicyclic) bond motifs is 1. The van der Waals surface area contributed by atoms with Gasteiger partial charge in [0.1, 0.15) is 10.8 Å². The third kappa shape index (κ3) is 5.04. The molecule has 0 aliphatic carbocycles. The lowest BCUT2D eigenvalue weighted by atomic mass is 10.2. The van der Waals surface area contributed by atoms with Gasteiger partial charge in [-0.3, -0.25) is 10.1 Å². The van der Waals surface area contributed by atoms with Crippen molar-refractivity contribution in [2.75, 3.05) is 12.4 Å². The summed E-state index contributed by atoms with van der Waals surface area (Å²) < 4.78 is 8.77. The van der Waals surface area contributed by atoms with Crippen LogP contribution in [0.15, 0.2) is 68.0 Å². The van der Waals surface area contributed by atoms with E-state index in [2.05, 4.69) is 58.4 Å². The van der Waals surface area contributed by atoms with Crippen molar-refractivity contribution in [3.63, 3.8) is 0 Å². The predicted molar refractivity (Wildman–Crippen MR) is 145 cm³/mol. The minimum absolute atomic E-state index is 0.165. The molecule has 1 heterocycles. The number of hydrogen-bond donors (Lipinski definition) is 2. The summed E-state index contributed by atoms with van der Waals surface area (Å²) in [5, 5.41) is 6.87. The summed E-state index contributed by atoms with van der Waals surface area (Å²) in [5.74, 6) is 0.0345. The Morgan fingerprint density at radius 1 is 1.06 bits per heavy atom. The third-order valence-corrected chi connectivity index (χ3v) is 7.25. The molecule has 1 amide bonds. The summed E-state index contributed by atoms with van der Waals surface area (Å²) >= 11 is 17.4. The lowest BCUT2D eigenvalue weighted by Gasteiger charge is -2.15. The van der Waals surface area contributed by atoms with Crippen molar-refractivity contribution in [2.45, 2.75) is 0 Å². The zero-order valence-corrected chi connectivity index (χ0v) is 22.8. The van der Waals surface area contributed by atoms with E-state index in [0.29, 0.717) is 15.8 Å². The van der Waals surface area contributed by atoms with Crippen LogP contribution in [0.25, 0.3) is 20.8 Å². The van der Waals surface area contributed by atoms with Gasteiger partial charge in [0.25, 0.3) is 5.91 Å². The van der Waals surface area contributed by atoms with Gasteiger partial charge in [-0.1, -0.05) is 44.0 Å². The Bertz CT molecular complexity index is 1320. The van der Waals surface area contributed by atoms with Gasteiger partial charge in [-0.15, -0.1) is 11.3 Å². The lowest BCUT2D eigenvalue weighted by Crippen LogP contribution is -2.34. The molecule has 0 atom stereocenters. The van der Waals surface area contributed by atoms with Crippen LogP contribution in [0.2, 0.25) is 0 Å². The number of carbonyl (C=O) groups is 1. The van der Waals surface area contributed by atoms with E-state index in [1.54, 1.807) is 23.5 Å². The summed E-state index contributed by atoms with van der Waals surface area (Å²) in [6, 6.07) is 17.2. The van der Waals surface area contributed by atoms with Gasteiger partial charge in [0.15, 0.2) is 5.11 Å². The number of anilines is 1. The Labute approximate surface area is 219 Å². The van der Waals surface area contributed by atoms with Crippen LogP contribution in [0.5, 0.6) is 5.75 Å². The molecular weight excluding hydrogens is 642 g/mol. The van der Waals surface area contributed by atoms with Crippen molar-refractivity contribution in [3.8, 4) is 16.3 Å². The predicted octanol–water partition coefficient (Wildman–Crippen LogP) is 7.39. The molecule has 0 radical (unpaired) electrons. The van der Waals surface area contributed by atoms with Crippen LogP contribution in [0.3, 0.4) is 0 Å². The first-order valence-corrected chi connectivity index (χ1v) is 12.8. The maximum absolute atomic E-state index is 12.9. The average Bonchev–Trinajstić information content (AvgIpc) is 3.18. The molecule has 4 rings (SSSR count). The first kappa shape index (κ1) is 23.3. The van der Waals surface area contributed by atoms with Crippen molar-refractivity contribution in [3.05, 3.63) is 73.6 Å². The van der Waals surface area contributed by atoms with Crippen LogP contribution < -0.4 is 15.4 Å². The molecule has 5 nitrogen and oxygen atoms in total. The van der Waals surface area contributed by atoms with Crippen LogP contribution in [-0.2, 0) is 0 Å². The van der Waals surface area contributed by atoms with E-state index in [4.69, 9.17) is 21.9 Å². The normalized spacial score (nSPS) is 10.8. The van der Waals surface area contributed by atoms with E-state index in [-0.39, 0.29) is 11.0 Å². The summed E-state index contributed by atoms with van der Waals surface area (Å²) in [6.07, 6.45) is 0. The Kier molecular flexibility index (Phi) is 7.26. The first-order valence-electron chi connectivity index (χ1n) is 9.16. The fourth-order valence-corrected chi connectivity index (χ4v) is 6.00. The Morgan fingerprint density at radius 2 is 1.84 bits per heavy atom. The molecule has 0 bridgehead atoms. The Morgan fingerprint density at radius 3 is 2.59 bits per heavy atom. The van der Waals surface area contributed by atoms with E-state index in [1.165, 1.54) is 7.11 Å². The summed E-state index contributed by atoms with van der Waals surface area (Å²) in [5.41, 5.74) is 2.89. The highest BCUT2D eigenvalue weighted by atomic mass is 79.9. The standard InChI is InChI=1S/C22H14Br3N3O2S2/c1-30-19-14(9-12(24)10-15(19)25)20(29)28-22(31)27-16-7-6-11(23)8-13(16)21-26-17-4-2-3-5-18(17)32-21/h2-10H,1H3,(H2,27,28,29,31). The zero-order valence-electron chi connectivity index (χ0n) is 16.4. The molecule has 0 saturated carbocycles. The molecule has 3 aromatic carbocycles. The topological polar surface area (TPSA) is 63.2 Å². The summed E-state index contributed by atoms with van der Waals surface area (Å²) in [4.78, 5) is 17.6. The highest BCUT2D eigenvalue weighted by Gasteiger charge is 2.18. The van der Waals surface area contributed by atoms with E-state index in [1.807, 2.05) is 42.5 Å². The number of carbonyl (C=O) groups excluding carboxylic acids is 1. The van der Waals surface area contributed by atoms with E-state index in [9.17, 15) is 4.79 Å². The number of amides is 1. The Hall–Kier alpha value is -1.85. The summed E-state index contributed by atoms with van der Waals surface area (Å²) in [6.45, 7) is 0. The van der Waals surface area contributed by atoms with Crippen molar-refractivity contribution < 1.29 is 9.53 Å². The van der Waals surface area contributed by atoms with Crippen LogP contribution in [0.1, 0.15) is 10.4 Å². The third-order valence-electron chi connectivity index (χ3n) is 4.44. The minimum atomic E-state index is -0.389. The Balaban J connectivity index is 1.60. The summed E-state index contributed by atoms with van der Waals surface area (Å²) in [7, 11) is 1.51. The highest BCUT2D eigenvalue weighted by Crippen LogP contribution is 2.36. The number of thiocarbonyl (C=S) groups is 1. The van der Waals surface area contributed by atoms with Crippen molar-refractivity contribution in [1.29, 1.82) is 0 Å². The number of methoxy groups -OCH3 is 1. The molecule has 0 fully saturated rings. The maximum atomic E-state index is 12.9. The number of nitrogens with zero attached hydrogens (tertiary/aromatic N) is 1. The van der Waals surface area contributed by atoms with Crippen molar-refractivity contribution >= 4 is 98.3 Å². The fourth-order valence-electron chi connectivity index (χ4n) is 3.05. The monoisotopic (exact) mass is 653 g/mol. The number of nitrogens with one attached hydrogen (secondary N) is 2. The lowest BCUT2D eigenvalue weighted by molar-refractivity contribution is 0.0974. The molecule has 1 aromatic heterocycles. The molecule has 0 aliphatic heterocycles. The molecule has 0 unspecified atom stereocenters. The highest BCUT2D eigenvalue weighted by molar-refractivity contribution is 9.11. The fraction of sp³-hybridized carbons (Fsp3) is 0.0455. The van der Waals surface area contributed by atoms with Crippen molar-refractivity contribution in [2.24, 2.45) is 0 Å². The second-order valence-corrected chi connectivity index (χ2v) is 10.7. The SMILES string of the molecule is COc1c(Br)cc(Br)cc1C(=O)NC(=S)Nc1ccc(Br)cc1-c1nc2ccccc2s1. The van der Waals surface area contributed by atoms with Crippen LogP contribution in [0.4, 0.5) is 5.69 Å². The number of benzene rings is 3. The number of ether oxygens (including phenoxy) is 1. The molecule has 4 aromatic rings. The molecule has 162 valence electrons. The second kappa shape index (κ2) is 9.96. The smallest absolute Gasteiger partial charge is 0.261 e.